The van der Waals surface area contributed by atoms with Crippen molar-refractivity contribution in [2.75, 3.05) is 11.5 Å². The monoisotopic (exact) mass is 347 g/mol. The molecule has 0 aliphatic carbocycles. The second-order valence-electron chi connectivity index (χ2n) is 4.97. The van der Waals surface area contributed by atoms with Crippen LogP contribution in [0.15, 0.2) is 18.2 Å². The van der Waals surface area contributed by atoms with Gasteiger partial charge in [0.15, 0.2) is 0 Å². The zero-order valence-corrected chi connectivity index (χ0v) is 13.5. The summed E-state index contributed by atoms with van der Waals surface area (Å²) >= 11 is 13.4. The lowest BCUT2D eigenvalue weighted by Crippen LogP contribution is -2.54. The van der Waals surface area contributed by atoms with Crippen LogP contribution >= 0.6 is 35.0 Å². The molecule has 0 saturated carbocycles. The smallest absolute Gasteiger partial charge is 0.330 e. The first-order valence-electron chi connectivity index (χ1n) is 6.49. The number of rotatable bonds is 5. The zero-order chi connectivity index (χ0) is 15.5. The quantitative estimate of drug-likeness (QED) is 0.859. The second kappa shape index (κ2) is 6.90. The number of hydrogen-bond acceptors (Lipinski definition) is 3. The maximum absolute atomic E-state index is 12.0. The molecule has 114 valence electrons. The average Bonchev–Trinajstić information content (AvgIpc) is 2.87. The van der Waals surface area contributed by atoms with Gasteiger partial charge in [0.1, 0.15) is 5.54 Å². The van der Waals surface area contributed by atoms with E-state index >= 15 is 0 Å². The van der Waals surface area contributed by atoms with E-state index in [9.17, 15) is 14.7 Å². The van der Waals surface area contributed by atoms with Gasteiger partial charge >= 0.3 is 5.97 Å². The molecule has 0 aromatic heterocycles. The summed E-state index contributed by atoms with van der Waals surface area (Å²) in [6.07, 6.45) is 1.10. The lowest BCUT2D eigenvalue weighted by Gasteiger charge is -2.24. The van der Waals surface area contributed by atoms with Gasteiger partial charge in [0, 0.05) is 22.2 Å². The van der Waals surface area contributed by atoms with Gasteiger partial charge in [-0.2, -0.15) is 11.8 Å². The van der Waals surface area contributed by atoms with Crippen LogP contribution in [0.25, 0.3) is 0 Å². The summed E-state index contributed by atoms with van der Waals surface area (Å²) in [5, 5.41) is 13.0. The van der Waals surface area contributed by atoms with Crippen LogP contribution in [0.5, 0.6) is 0 Å². The fourth-order valence-electron chi connectivity index (χ4n) is 2.19. The molecule has 1 aromatic carbocycles. The minimum absolute atomic E-state index is 0.195. The standard InChI is InChI=1S/C14H15Cl2NO3S/c15-10-3-1-9(11(16)7-10)2-4-12(18)17-14(13(19)20)5-6-21-8-14/h1,3,7H,2,4-6,8H2,(H,17,18)(H,19,20). The SMILES string of the molecule is O=C(CCc1ccc(Cl)cc1Cl)NC1(C(=O)O)CCSC1. The first kappa shape index (κ1) is 16.5. The van der Waals surface area contributed by atoms with Crippen molar-refractivity contribution in [2.24, 2.45) is 0 Å². The third-order valence-electron chi connectivity index (χ3n) is 3.45. The summed E-state index contributed by atoms with van der Waals surface area (Å²) in [6.45, 7) is 0. The number of carbonyl (C=O) groups is 2. The molecule has 1 saturated heterocycles. The van der Waals surface area contributed by atoms with Crippen LogP contribution in [0.3, 0.4) is 0 Å². The minimum atomic E-state index is -1.12. The summed E-state index contributed by atoms with van der Waals surface area (Å²) in [7, 11) is 0. The maximum atomic E-state index is 12.0. The van der Waals surface area contributed by atoms with E-state index in [1.165, 1.54) is 11.8 Å². The number of thioether (sulfide) groups is 1. The van der Waals surface area contributed by atoms with Crippen LogP contribution < -0.4 is 5.32 Å². The fraction of sp³-hybridized carbons (Fsp3) is 0.429. The summed E-state index contributed by atoms with van der Waals surface area (Å²) in [6, 6.07) is 5.12. The van der Waals surface area contributed by atoms with Gasteiger partial charge in [-0.1, -0.05) is 29.3 Å². The fourth-order valence-corrected chi connectivity index (χ4v) is 4.02. The van der Waals surface area contributed by atoms with Gasteiger partial charge in [0.05, 0.1) is 0 Å². The molecule has 0 spiro atoms. The Hall–Kier alpha value is -0.910. The molecular weight excluding hydrogens is 333 g/mol. The van der Waals surface area contributed by atoms with E-state index in [1.807, 2.05) is 0 Å². The van der Waals surface area contributed by atoms with Crippen LogP contribution in [0.4, 0.5) is 0 Å². The summed E-state index contributed by atoms with van der Waals surface area (Å²) < 4.78 is 0. The lowest BCUT2D eigenvalue weighted by molar-refractivity contribution is -0.146. The van der Waals surface area contributed by atoms with Crippen LogP contribution in [0.2, 0.25) is 10.0 Å². The number of halogens is 2. The van der Waals surface area contributed by atoms with E-state index in [0.29, 0.717) is 28.6 Å². The van der Waals surface area contributed by atoms with Crippen LogP contribution in [0.1, 0.15) is 18.4 Å². The molecule has 1 aliphatic rings. The molecule has 1 fully saturated rings. The molecule has 21 heavy (non-hydrogen) atoms. The zero-order valence-electron chi connectivity index (χ0n) is 11.2. The number of carbonyl (C=O) groups excluding carboxylic acids is 1. The van der Waals surface area contributed by atoms with E-state index in [1.54, 1.807) is 18.2 Å². The van der Waals surface area contributed by atoms with Gasteiger partial charge in [-0.15, -0.1) is 0 Å². The predicted molar refractivity (Wildman–Crippen MR) is 85.2 cm³/mol. The Morgan fingerprint density at radius 2 is 2.14 bits per heavy atom. The van der Waals surface area contributed by atoms with Gasteiger partial charge in [0.25, 0.3) is 0 Å². The molecule has 0 bridgehead atoms. The number of hydrogen-bond donors (Lipinski definition) is 2. The molecule has 1 unspecified atom stereocenters. The van der Waals surface area contributed by atoms with Crippen molar-refractivity contribution in [1.29, 1.82) is 0 Å². The largest absolute Gasteiger partial charge is 0.479 e. The van der Waals surface area contributed by atoms with Crippen molar-refractivity contribution in [2.45, 2.75) is 24.8 Å². The van der Waals surface area contributed by atoms with Crippen molar-refractivity contribution in [3.63, 3.8) is 0 Å². The van der Waals surface area contributed by atoms with Crippen molar-refractivity contribution < 1.29 is 14.7 Å². The second-order valence-corrected chi connectivity index (χ2v) is 6.92. The van der Waals surface area contributed by atoms with Gasteiger partial charge in [0.2, 0.25) is 5.91 Å². The Kier molecular flexibility index (Phi) is 5.41. The van der Waals surface area contributed by atoms with Gasteiger partial charge in [-0.05, 0) is 36.3 Å². The van der Waals surface area contributed by atoms with Gasteiger partial charge < -0.3 is 10.4 Å². The number of carboxylic acid groups (broad SMARTS) is 1. The number of aryl methyl sites for hydroxylation is 1. The van der Waals surface area contributed by atoms with Crippen LogP contribution in [-0.2, 0) is 16.0 Å². The Balaban J connectivity index is 1.94. The average molecular weight is 348 g/mol. The first-order chi connectivity index (χ1) is 9.93. The first-order valence-corrected chi connectivity index (χ1v) is 8.40. The van der Waals surface area contributed by atoms with Crippen LogP contribution in [0, 0.1) is 0 Å². The molecule has 1 aromatic rings. The number of nitrogens with one attached hydrogen (secondary N) is 1. The molecule has 0 radical (unpaired) electrons. The molecule has 2 N–H and O–H groups in total. The van der Waals surface area contributed by atoms with E-state index in [-0.39, 0.29) is 12.3 Å². The van der Waals surface area contributed by atoms with E-state index in [4.69, 9.17) is 23.2 Å². The number of amides is 1. The highest BCUT2D eigenvalue weighted by molar-refractivity contribution is 7.99. The minimum Gasteiger partial charge on any atom is -0.479 e. The van der Waals surface area contributed by atoms with E-state index < -0.39 is 11.5 Å². The number of aliphatic carboxylic acids is 1. The highest BCUT2D eigenvalue weighted by Crippen LogP contribution is 2.28. The topological polar surface area (TPSA) is 66.4 Å². The Bertz CT molecular complexity index is 559. The molecule has 4 nitrogen and oxygen atoms in total. The Morgan fingerprint density at radius 1 is 1.38 bits per heavy atom. The van der Waals surface area contributed by atoms with Crippen molar-refractivity contribution >= 4 is 46.8 Å². The normalized spacial score (nSPS) is 21.2. The summed E-state index contributed by atoms with van der Waals surface area (Å²) in [5.41, 5.74) is -0.299. The van der Waals surface area contributed by atoms with E-state index in [0.717, 1.165) is 11.3 Å². The molecule has 1 amide bonds. The Labute approximate surface area is 137 Å². The van der Waals surface area contributed by atoms with Gasteiger partial charge in [-0.25, -0.2) is 4.79 Å². The lowest BCUT2D eigenvalue weighted by atomic mass is 9.98. The molecule has 7 heteroatoms. The molecular formula is C14H15Cl2NO3S. The van der Waals surface area contributed by atoms with Gasteiger partial charge in [-0.3, -0.25) is 4.79 Å². The van der Waals surface area contributed by atoms with Crippen LogP contribution in [-0.4, -0.2) is 34.0 Å². The third-order valence-corrected chi connectivity index (χ3v) is 5.22. The van der Waals surface area contributed by atoms with Crippen molar-refractivity contribution in [3.8, 4) is 0 Å². The Morgan fingerprint density at radius 3 is 2.71 bits per heavy atom. The highest BCUT2D eigenvalue weighted by atomic mass is 35.5. The summed E-state index contributed by atoms with van der Waals surface area (Å²) in [5.74, 6) is -0.0814. The highest BCUT2D eigenvalue weighted by Gasteiger charge is 2.43. The number of carboxylic acids is 1. The molecule has 1 heterocycles. The molecule has 1 aliphatic heterocycles. The maximum Gasteiger partial charge on any atom is 0.330 e. The van der Waals surface area contributed by atoms with E-state index in [2.05, 4.69) is 5.32 Å². The van der Waals surface area contributed by atoms with Crippen molar-refractivity contribution in [3.05, 3.63) is 33.8 Å². The van der Waals surface area contributed by atoms with Crippen molar-refractivity contribution in [1.82, 2.24) is 5.32 Å². The predicted octanol–water partition coefficient (Wildman–Crippen LogP) is 3.00. The molecule has 2 rings (SSSR count). The number of benzene rings is 1. The summed E-state index contributed by atoms with van der Waals surface area (Å²) in [4.78, 5) is 23.4. The third kappa shape index (κ3) is 4.05. The molecule has 1 atom stereocenters.